The number of carbonyl (C=O) groups excluding carboxylic acids is 2. The van der Waals surface area contributed by atoms with Crippen LogP contribution < -0.4 is 0 Å². The number of morpholine rings is 1. The Bertz CT molecular complexity index is 821. The van der Waals surface area contributed by atoms with E-state index in [1.807, 2.05) is 68.1 Å². The Hall–Kier alpha value is -2.46. The van der Waals surface area contributed by atoms with Gasteiger partial charge in [0, 0.05) is 24.9 Å². The molecule has 28 heavy (non-hydrogen) atoms. The van der Waals surface area contributed by atoms with Crippen molar-refractivity contribution in [3.05, 3.63) is 70.3 Å². The van der Waals surface area contributed by atoms with Gasteiger partial charge in [-0.1, -0.05) is 48.0 Å². The lowest BCUT2D eigenvalue weighted by Crippen LogP contribution is -2.42. The average Bonchev–Trinajstić information content (AvgIpc) is 2.68. The Morgan fingerprint density at radius 1 is 1.04 bits per heavy atom. The zero-order chi connectivity index (χ0) is 20.1. The maximum absolute atomic E-state index is 12.6. The van der Waals surface area contributed by atoms with E-state index in [4.69, 9.17) is 4.74 Å². The van der Waals surface area contributed by atoms with E-state index in [9.17, 15) is 9.59 Å². The molecule has 1 aliphatic rings. The van der Waals surface area contributed by atoms with Crippen molar-refractivity contribution in [1.29, 1.82) is 0 Å². The van der Waals surface area contributed by atoms with Gasteiger partial charge in [-0.05, 0) is 43.9 Å². The highest BCUT2D eigenvalue weighted by molar-refractivity contribution is 5.99. The fraction of sp³-hybridized carbons (Fsp3) is 0.417. The van der Waals surface area contributed by atoms with Crippen LogP contribution in [-0.2, 0) is 9.53 Å². The van der Waals surface area contributed by atoms with Crippen LogP contribution in [0.25, 0.3) is 0 Å². The molecule has 2 aromatic carbocycles. The van der Waals surface area contributed by atoms with Gasteiger partial charge in [0.05, 0.1) is 13.2 Å². The molecule has 0 bridgehead atoms. The van der Waals surface area contributed by atoms with Gasteiger partial charge in [0.1, 0.15) is 6.10 Å². The SMILES string of the molecule is Cc1cc(C)c(C(=O)CCCC(=O)N2CCOC(c3ccccc3)C2)c(C)c1. The Labute approximate surface area is 167 Å². The van der Waals surface area contributed by atoms with Crippen LogP contribution in [0.5, 0.6) is 0 Å². The third-order valence-electron chi connectivity index (χ3n) is 5.34. The molecule has 0 spiro atoms. The number of amides is 1. The van der Waals surface area contributed by atoms with E-state index in [1.54, 1.807) is 0 Å². The van der Waals surface area contributed by atoms with Gasteiger partial charge in [0.2, 0.25) is 5.91 Å². The minimum atomic E-state index is -0.0709. The van der Waals surface area contributed by atoms with Crippen molar-refractivity contribution >= 4 is 11.7 Å². The molecule has 1 atom stereocenters. The highest BCUT2D eigenvalue weighted by Gasteiger charge is 2.25. The van der Waals surface area contributed by atoms with Gasteiger partial charge < -0.3 is 9.64 Å². The van der Waals surface area contributed by atoms with Crippen molar-refractivity contribution in [2.75, 3.05) is 19.7 Å². The fourth-order valence-corrected chi connectivity index (χ4v) is 4.05. The van der Waals surface area contributed by atoms with Crippen LogP contribution in [0, 0.1) is 20.8 Å². The van der Waals surface area contributed by atoms with Gasteiger partial charge in [-0.3, -0.25) is 9.59 Å². The standard InChI is InChI=1S/C24H29NO3/c1-17-14-18(2)24(19(3)15-17)21(26)10-7-11-23(27)25-12-13-28-22(16-25)20-8-5-4-6-9-20/h4-6,8-9,14-15,22H,7,10-13,16H2,1-3H3. The molecule has 1 heterocycles. The zero-order valence-electron chi connectivity index (χ0n) is 17.0. The quantitative estimate of drug-likeness (QED) is 0.691. The monoisotopic (exact) mass is 379 g/mol. The van der Waals surface area contributed by atoms with E-state index in [-0.39, 0.29) is 17.8 Å². The third-order valence-corrected chi connectivity index (χ3v) is 5.34. The summed E-state index contributed by atoms with van der Waals surface area (Å²) >= 11 is 0. The third kappa shape index (κ3) is 4.87. The highest BCUT2D eigenvalue weighted by atomic mass is 16.5. The topological polar surface area (TPSA) is 46.6 Å². The van der Waals surface area contributed by atoms with E-state index in [0.29, 0.717) is 39.0 Å². The number of hydrogen-bond donors (Lipinski definition) is 0. The second-order valence-electron chi connectivity index (χ2n) is 7.66. The van der Waals surface area contributed by atoms with Crippen LogP contribution in [0.1, 0.15) is 58.0 Å². The molecular weight excluding hydrogens is 350 g/mol. The number of benzene rings is 2. The molecule has 0 saturated carbocycles. The lowest BCUT2D eigenvalue weighted by Gasteiger charge is -2.33. The van der Waals surface area contributed by atoms with Gasteiger partial charge in [-0.2, -0.15) is 0 Å². The Balaban J connectivity index is 1.52. The number of ether oxygens (including phenoxy) is 1. The molecule has 4 heteroatoms. The number of nitrogens with zero attached hydrogens (tertiary/aromatic N) is 1. The first-order valence-electron chi connectivity index (χ1n) is 10.0. The smallest absolute Gasteiger partial charge is 0.222 e. The summed E-state index contributed by atoms with van der Waals surface area (Å²) in [6.45, 7) is 7.74. The lowest BCUT2D eigenvalue weighted by atomic mass is 9.94. The van der Waals surface area contributed by atoms with Gasteiger partial charge in [-0.25, -0.2) is 0 Å². The average molecular weight is 380 g/mol. The van der Waals surface area contributed by atoms with Crippen LogP contribution in [-0.4, -0.2) is 36.3 Å². The summed E-state index contributed by atoms with van der Waals surface area (Å²) in [5.41, 5.74) is 5.12. The van der Waals surface area contributed by atoms with Crippen molar-refractivity contribution in [2.24, 2.45) is 0 Å². The molecule has 0 radical (unpaired) electrons. The summed E-state index contributed by atoms with van der Waals surface area (Å²) in [5, 5.41) is 0. The van der Waals surface area contributed by atoms with E-state index in [2.05, 4.69) is 0 Å². The minimum Gasteiger partial charge on any atom is -0.370 e. The summed E-state index contributed by atoms with van der Waals surface area (Å²) in [6, 6.07) is 14.1. The number of ketones is 1. The molecule has 1 amide bonds. The van der Waals surface area contributed by atoms with E-state index in [0.717, 1.165) is 22.3 Å². The van der Waals surface area contributed by atoms with E-state index < -0.39 is 0 Å². The van der Waals surface area contributed by atoms with Gasteiger partial charge in [-0.15, -0.1) is 0 Å². The molecule has 1 saturated heterocycles. The van der Waals surface area contributed by atoms with E-state index >= 15 is 0 Å². The summed E-state index contributed by atoms with van der Waals surface area (Å²) < 4.78 is 5.83. The first-order valence-corrected chi connectivity index (χ1v) is 10.0. The maximum atomic E-state index is 12.6. The predicted molar refractivity (Wildman–Crippen MR) is 111 cm³/mol. The summed E-state index contributed by atoms with van der Waals surface area (Å²) in [5.74, 6) is 0.237. The summed E-state index contributed by atoms with van der Waals surface area (Å²) in [7, 11) is 0. The van der Waals surface area contributed by atoms with Crippen LogP contribution in [0.4, 0.5) is 0 Å². The molecule has 3 rings (SSSR count). The number of rotatable bonds is 6. The maximum Gasteiger partial charge on any atom is 0.222 e. The minimum absolute atomic E-state index is 0.0709. The number of aryl methyl sites for hydroxylation is 3. The molecule has 0 aliphatic carbocycles. The summed E-state index contributed by atoms with van der Waals surface area (Å²) in [4.78, 5) is 27.1. The number of Topliss-reactive ketones (excluding diaryl/α,β-unsaturated/α-hetero) is 1. The normalized spacial score (nSPS) is 16.8. The molecule has 1 fully saturated rings. The van der Waals surface area contributed by atoms with Crippen LogP contribution in [0.3, 0.4) is 0 Å². The lowest BCUT2D eigenvalue weighted by molar-refractivity contribution is -0.139. The molecule has 1 aliphatic heterocycles. The highest BCUT2D eigenvalue weighted by Crippen LogP contribution is 2.23. The summed E-state index contributed by atoms with van der Waals surface area (Å²) in [6.07, 6.45) is 1.32. The van der Waals surface area contributed by atoms with Gasteiger partial charge in [0.25, 0.3) is 0 Å². The van der Waals surface area contributed by atoms with Crippen LogP contribution >= 0.6 is 0 Å². The fourth-order valence-electron chi connectivity index (χ4n) is 4.05. The van der Waals surface area contributed by atoms with Crippen molar-refractivity contribution in [3.63, 3.8) is 0 Å². The molecule has 1 unspecified atom stereocenters. The van der Waals surface area contributed by atoms with E-state index in [1.165, 1.54) is 5.56 Å². The zero-order valence-corrected chi connectivity index (χ0v) is 17.0. The van der Waals surface area contributed by atoms with Crippen molar-refractivity contribution in [3.8, 4) is 0 Å². The second-order valence-corrected chi connectivity index (χ2v) is 7.66. The Morgan fingerprint density at radius 3 is 2.39 bits per heavy atom. The second kappa shape index (κ2) is 9.16. The number of hydrogen-bond acceptors (Lipinski definition) is 3. The predicted octanol–water partition coefficient (Wildman–Crippen LogP) is 4.56. The molecule has 0 N–H and O–H groups in total. The van der Waals surface area contributed by atoms with Crippen molar-refractivity contribution < 1.29 is 14.3 Å². The van der Waals surface area contributed by atoms with Crippen molar-refractivity contribution in [1.82, 2.24) is 4.90 Å². The molecule has 0 aromatic heterocycles. The Kier molecular flexibility index (Phi) is 6.63. The van der Waals surface area contributed by atoms with Gasteiger partial charge >= 0.3 is 0 Å². The Morgan fingerprint density at radius 2 is 1.71 bits per heavy atom. The first-order chi connectivity index (χ1) is 13.5. The first kappa shape index (κ1) is 20.3. The van der Waals surface area contributed by atoms with Crippen LogP contribution in [0.15, 0.2) is 42.5 Å². The molecule has 4 nitrogen and oxygen atoms in total. The van der Waals surface area contributed by atoms with Crippen LogP contribution in [0.2, 0.25) is 0 Å². The molecular formula is C24H29NO3. The van der Waals surface area contributed by atoms with Crippen molar-refractivity contribution in [2.45, 2.75) is 46.1 Å². The molecule has 148 valence electrons. The molecule has 2 aromatic rings. The van der Waals surface area contributed by atoms with Gasteiger partial charge in [0.15, 0.2) is 5.78 Å². The number of carbonyl (C=O) groups is 2. The largest absolute Gasteiger partial charge is 0.370 e.